The van der Waals surface area contributed by atoms with Gasteiger partial charge in [-0.15, -0.1) is 0 Å². The Balaban J connectivity index is 1.36. The van der Waals surface area contributed by atoms with E-state index >= 15 is 0 Å². The molecule has 0 spiro atoms. The number of halogens is 1. The first-order valence-electron chi connectivity index (χ1n) is 11.0. The van der Waals surface area contributed by atoms with Crippen molar-refractivity contribution in [3.8, 4) is 17.6 Å². The number of hydrogen-bond acceptors (Lipinski definition) is 4. The molecule has 0 amide bonds. The lowest BCUT2D eigenvalue weighted by Gasteiger charge is -2.17. The van der Waals surface area contributed by atoms with Gasteiger partial charge in [0.05, 0.1) is 24.7 Å². The van der Waals surface area contributed by atoms with Gasteiger partial charge in [-0.1, -0.05) is 24.3 Å². The third-order valence-electron chi connectivity index (χ3n) is 6.42. The van der Waals surface area contributed by atoms with Crippen LogP contribution in [0.4, 0.5) is 4.39 Å². The van der Waals surface area contributed by atoms with Crippen molar-refractivity contribution in [2.45, 2.75) is 37.7 Å². The lowest BCUT2D eigenvalue weighted by Crippen LogP contribution is -2.07. The molecular formula is C27H22FNO4. The van der Waals surface area contributed by atoms with Gasteiger partial charge in [0, 0.05) is 23.1 Å². The molecule has 1 heterocycles. The number of aliphatic carboxylic acids is 1. The number of nitrogens with zero attached hydrogens (tertiary/aromatic N) is 1. The Hall–Kier alpha value is -3.85. The Bertz CT molecular complexity index is 1260. The largest absolute Gasteiger partial charge is 0.492 e. The van der Waals surface area contributed by atoms with Gasteiger partial charge < -0.3 is 14.6 Å². The van der Waals surface area contributed by atoms with Crippen LogP contribution in [-0.2, 0) is 17.6 Å². The van der Waals surface area contributed by atoms with Crippen molar-refractivity contribution in [1.29, 1.82) is 5.26 Å². The highest BCUT2D eigenvalue weighted by Gasteiger charge is 2.31. The molecule has 2 aliphatic rings. The first-order chi connectivity index (χ1) is 16.0. The smallest absolute Gasteiger partial charge is 0.304 e. The van der Waals surface area contributed by atoms with E-state index in [1.165, 1.54) is 6.07 Å². The van der Waals surface area contributed by atoms with Crippen LogP contribution in [0.15, 0.2) is 54.6 Å². The first kappa shape index (κ1) is 21.0. The molecule has 3 aromatic rings. The zero-order chi connectivity index (χ0) is 22.9. The minimum absolute atomic E-state index is 0.0242. The molecule has 0 bridgehead atoms. The van der Waals surface area contributed by atoms with Crippen molar-refractivity contribution in [2.75, 3.05) is 6.61 Å². The Morgan fingerprint density at radius 2 is 2.00 bits per heavy atom. The van der Waals surface area contributed by atoms with Crippen LogP contribution in [0.3, 0.4) is 0 Å². The van der Waals surface area contributed by atoms with Crippen molar-refractivity contribution in [3.63, 3.8) is 0 Å². The van der Waals surface area contributed by atoms with Gasteiger partial charge in [0.2, 0.25) is 0 Å². The van der Waals surface area contributed by atoms with E-state index in [4.69, 9.17) is 19.8 Å². The Kier molecular flexibility index (Phi) is 5.47. The van der Waals surface area contributed by atoms with Crippen LogP contribution in [0.5, 0.6) is 11.5 Å². The van der Waals surface area contributed by atoms with Crippen LogP contribution in [0.25, 0.3) is 0 Å². The van der Waals surface area contributed by atoms with E-state index in [-0.39, 0.29) is 18.2 Å². The van der Waals surface area contributed by atoms with Crippen LogP contribution in [0, 0.1) is 17.1 Å². The van der Waals surface area contributed by atoms with E-state index in [9.17, 15) is 9.18 Å². The van der Waals surface area contributed by atoms with Crippen LogP contribution in [-0.4, -0.2) is 17.7 Å². The van der Waals surface area contributed by atoms with E-state index < -0.39 is 12.1 Å². The van der Waals surface area contributed by atoms with Crippen molar-refractivity contribution in [3.05, 3.63) is 93.8 Å². The van der Waals surface area contributed by atoms with Gasteiger partial charge in [0.15, 0.2) is 0 Å². The summed E-state index contributed by atoms with van der Waals surface area (Å²) in [4.78, 5) is 11.1. The molecule has 1 aliphatic heterocycles. The van der Waals surface area contributed by atoms with Crippen molar-refractivity contribution >= 4 is 5.97 Å². The number of rotatable bonds is 6. The summed E-state index contributed by atoms with van der Waals surface area (Å²) in [7, 11) is 0. The predicted octanol–water partition coefficient (Wildman–Crippen LogP) is 5.31. The standard InChI is InChI=1S/C27H22FNO4/c28-23-9-5-18(11-16-1-3-17(14-29)4-2-16)22-8-10-24(27(22)23)33-20-6-7-21-19(12-26(30)31)15-32-25(21)13-20/h1-7,9,13,19,24H,8,10-12,15H2,(H,30,31). The van der Waals surface area contributed by atoms with Crippen LogP contribution < -0.4 is 9.47 Å². The number of ether oxygens (including phenoxy) is 2. The van der Waals surface area contributed by atoms with E-state index in [0.717, 1.165) is 28.7 Å². The third-order valence-corrected chi connectivity index (χ3v) is 6.42. The quantitative estimate of drug-likeness (QED) is 0.559. The summed E-state index contributed by atoms with van der Waals surface area (Å²) in [6.45, 7) is 0.338. The topological polar surface area (TPSA) is 79.5 Å². The summed E-state index contributed by atoms with van der Waals surface area (Å²) in [5.74, 6) is -0.0749. The summed E-state index contributed by atoms with van der Waals surface area (Å²) in [5, 5.41) is 18.1. The molecule has 2 atom stereocenters. The number of carboxylic acid groups (broad SMARTS) is 1. The molecule has 5 rings (SSSR count). The zero-order valence-corrected chi connectivity index (χ0v) is 17.9. The molecule has 1 aliphatic carbocycles. The molecule has 0 saturated carbocycles. The zero-order valence-electron chi connectivity index (χ0n) is 17.9. The monoisotopic (exact) mass is 443 g/mol. The van der Waals surface area contributed by atoms with Crippen LogP contribution >= 0.6 is 0 Å². The molecule has 166 valence electrons. The molecule has 3 aromatic carbocycles. The van der Waals surface area contributed by atoms with Crippen LogP contribution in [0.1, 0.15) is 58.2 Å². The van der Waals surface area contributed by atoms with Gasteiger partial charge in [0.25, 0.3) is 0 Å². The summed E-state index contributed by atoms with van der Waals surface area (Å²) >= 11 is 0. The van der Waals surface area contributed by atoms with Crippen molar-refractivity contribution in [1.82, 2.24) is 0 Å². The molecule has 2 unspecified atom stereocenters. The number of hydrogen-bond donors (Lipinski definition) is 1. The van der Waals surface area contributed by atoms with Gasteiger partial charge in [-0.25, -0.2) is 4.39 Å². The highest BCUT2D eigenvalue weighted by Crippen LogP contribution is 2.42. The number of benzene rings is 3. The minimum Gasteiger partial charge on any atom is -0.492 e. The molecule has 6 heteroatoms. The molecular weight excluding hydrogens is 421 g/mol. The summed E-state index contributed by atoms with van der Waals surface area (Å²) in [5.41, 5.74) is 5.21. The minimum atomic E-state index is -0.855. The second-order valence-corrected chi connectivity index (χ2v) is 8.53. The van der Waals surface area contributed by atoms with Gasteiger partial charge in [-0.3, -0.25) is 4.79 Å². The Morgan fingerprint density at radius 1 is 1.18 bits per heavy atom. The first-order valence-corrected chi connectivity index (χ1v) is 11.0. The molecule has 33 heavy (non-hydrogen) atoms. The maximum Gasteiger partial charge on any atom is 0.304 e. The molecule has 0 aromatic heterocycles. The maximum atomic E-state index is 14.9. The number of carbonyl (C=O) groups is 1. The van der Waals surface area contributed by atoms with Gasteiger partial charge >= 0.3 is 5.97 Å². The second-order valence-electron chi connectivity index (χ2n) is 8.53. The lowest BCUT2D eigenvalue weighted by atomic mass is 9.96. The molecule has 0 radical (unpaired) electrons. The Labute approximate surface area is 191 Å². The fraction of sp³-hybridized carbons (Fsp3) is 0.259. The molecule has 0 fully saturated rings. The van der Waals surface area contributed by atoms with Crippen LogP contribution in [0.2, 0.25) is 0 Å². The molecule has 5 nitrogen and oxygen atoms in total. The van der Waals surface area contributed by atoms with E-state index in [2.05, 4.69) is 6.07 Å². The van der Waals surface area contributed by atoms with E-state index in [1.54, 1.807) is 24.3 Å². The predicted molar refractivity (Wildman–Crippen MR) is 119 cm³/mol. The third kappa shape index (κ3) is 4.14. The second kappa shape index (κ2) is 8.59. The highest BCUT2D eigenvalue weighted by atomic mass is 19.1. The van der Waals surface area contributed by atoms with E-state index in [1.807, 2.05) is 24.3 Å². The van der Waals surface area contributed by atoms with Crippen molar-refractivity contribution < 1.29 is 23.8 Å². The lowest BCUT2D eigenvalue weighted by molar-refractivity contribution is -0.137. The number of nitriles is 1. The van der Waals surface area contributed by atoms with Gasteiger partial charge in [-0.05, 0) is 60.2 Å². The van der Waals surface area contributed by atoms with Gasteiger partial charge in [0.1, 0.15) is 23.4 Å². The average Bonchev–Trinajstić information content (AvgIpc) is 3.41. The summed E-state index contributed by atoms with van der Waals surface area (Å²) in [6.07, 6.45) is 1.70. The SMILES string of the molecule is N#Cc1ccc(Cc2ccc(F)c3c2CCC3Oc2ccc3c(c2)OCC3CC(=O)O)cc1. The summed E-state index contributed by atoms with van der Waals surface area (Å²) < 4.78 is 26.7. The number of fused-ring (bicyclic) bond motifs is 2. The Morgan fingerprint density at radius 3 is 2.76 bits per heavy atom. The normalized spacial score (nSPS) is 18.2. The fourth-order valence-electron chi connectivity index (χ4n) is 4.82. The van der Waals surface area contributed by atoms with E-state index in [0.29, 0.717) is 42.1 Å². The number of carboxylic acids is 1. The fourth-order valence-corrected chi connectivity index (χ4v) is 4.82. The highest BCUT2D eigenvalue weighted by molar-refractivity contribution is 5.68. The summed E-state index contributed by atoms with van der Waals surface area (Å²) in [6, 6.07) is 18.3. The molecule has 1 N–H and O–H groups in total. The molecule has 0 saturated heterocycles. The van der Waals surface area contributed by atoms with Crippen molar-refractivity contribution in [2.24, 2.45) is 0 Å². The average molecular weight is 443 g/mol. The van der Waals surface area contributed by atoms with Gasteiger partial charge in [-0.2, -0.15) is 5.26 Å². The maximum absolute atomic E-state index is 14.9.